The quantitative estimate of drug-likeness (QED) is 0.626. The van der Waals surface area contributed by atoms with Crippen molar-refractivity contribution >= 4 is 11.9 Å². The second kappa shape index (κ2) is 4.21. The van der Waals surface area contributed by atoms with Crippen LogP contribution in [0.3, 0.4) is 0 Å². The van der Waals surface area contributed by atoms with Crippen molar-refractivity contribution in [3.05, 3.63) is 0 Å². The van der Waals surface area contributed by atoms with E-state index in [1.807, 2.05) is 11.9 Å². The van der Waals surface area contributed by atoms with E-state index in [0.29, 0.717) is 6.04 Å². The van der Waals surface area contributed by atoms with Gasteiger partial charge in [-0.15, -0.1) is 0 Å². The second-order valence-electron chi connectivity index (χ2n) is 2.77. The molecule has 2 N–H and O–H groups in total. The van der Waals surface area contributed by atoms with Gasteiger partial charge in [-0.1, -0.05) is 18.9 Å². The van der Waals surface area contributed by atoms with E-state index in [-0.39, 0.29) is 0 Å². The molecule has 60 valence electrons. The van der Waals surface area contributed by atoms with Crippen molar-refractivity contribution < 1.29 is 0 Å². The molecule has 2 nitrogen and oxygen atoms in total. The maximum atomic E-state index is 5.74. The fourth-order valence-corrected chi connectivity index (χ4v) is 2.06. The van der Waals surface area contributed by atoms with E-state index in [4.69, 9.17) is 5.73 Å². The van der Waals surface area contributed by atoms with Gasteiger partial charge in [0, 0.05) is 24.9 Å². The van der Waals surface area contributed by atoms with Crippen molar-refractivity contribution in [2.24, 2.45) is 5.73 Å². The number of nitrogens with two attached hydrogens (primary N) is 1. The normalized spacial score (nSPS) is 27.6. The van der Waals surface area contributed by atoms with Crippen LogP contribution in [0.5, 0.6) is 0 Å². The summed E-state index contributed by atoms with van der Waals surface area (Å²) < 4.78 is 2.38. The summed E-state index contributed by atoms with van der Waals surface area (Å²) in [5.74, 6) is 1.24. The molecule has 1 rings (SSSR count). The van der Waals surface area contributed by atoms with Crippen LogP contribution in [-0.2, 0) is 0 Å². The van der Waals surface area contributed by atoms with Crippen LogP contribution in [0.1, 0.15) is 19.8 Å². The molecule has 0 bridgehead atoms. The van der Waals surface area contributed by atoms with E-state index in [1.54, 1.807) is 0 Å². The van der Waals surface area contributed by atoms with Crippen molar-refractivity contribution in [2.45, 2.75) is 25.8 Å². The first-order valence-electron chi connectivity index (χ1n) is 3.96. The highest BCUT2D eigenvalue weighted by Crippen LogP contribution is 2.17. The predicted octanol–water partition coefficient (Wildman–Crippen LogP) is 1.08. The zero-order valence-corrected chi connectivity index (χ0v) is 7.36. The number of rotatable bonds is 3. The molecule has 0 saturated carbocycles. The monoisotopic (exact) mass is 160 g/mol. The second-order valence-corrected chi connectivity index (χ2v) is 3.95. The minimum absolute atomic E-state index is 0.435. The molecular weight excluding hydrogens is 144 g/mol. The van der Waals surface area contributed by atoms with Gasteiger partial charge in [-0.25, -0.2) is 4.31 Å². The van der Waals surface area contributed by atoms with Crippen molar-refractivity contribution in [3.63, 3.8) is 0 Å². The summed E-state index contributed by atoms with van der Waals surface area (Å²) in [5.41, 5.74) is 5.74. The van der Waals surface area contributed by atoms with Gasteiger partial charge in [-0.05, 0) is 12.8 Å². The molecule has 0 spiro atoms. The zero-order chi connectivity index (χ0) is 7.40. The Labute approximate surface area is 67.3 Å². The van der Waals surface area contributed by atoms with Gasteiger partial charge >= 0.3 is 0 Å². The topological polar surface area (TPSA) is 29.3 Å². The Bertz CT molecular complexity index is 97.6. The van der Waals surface area contributed by atoms with Crippen LogP contribution in [0.4, 0.5) is 0 Å². The third-order valence-corrected chi connectivity index (χ3v) is 2.95. The summed E-state index contributed by atoms with van der Waals surface area (Å²) in [5, 5.41) is 0. The summed E-state index contributed by atoms with van der Waals surface area (Å²) in [6, 6.07) is 0.435. The molecule has 1 fully saturated rings. The minimum Gasteiger partial charge on any atom is -0.326 e. The highest BCUT2D eigenvalue weighted by atomic mass is 32.2. The van der Waals surface area contributed by atoms with Crippen LogP contribution < -0.4 is 5.73 Å². The van der Waals surface area contributed by atoms with Crippen LogP contribution in [0.25, 0.3) is 0 Å². The Morgan fingerprint density at radius 3 is 3.00 bits per heavy atom. The first kappa shape index (κ1) is 8.37. The predicted molar refractivity (Wildman–Crippen MR) is 46.9 cm³/mol. The smallest absolute Gasteiger partial charge is 0.0242 e. The molecule has 0 aromatic heterocycles. The van der Waals surface area contributed by atoms with Gasteiger partial charge in [0.05, 0.1) is 0 Å². The van der Waals surface area contributed by atoms with Gasteiger partial charge in [0.25, 0.3) is 0 Å². The van der Waals surface area contributed by atoms with E-state index in [0.717, 1.165) is 6.54 Å². The molecular formula is C7H16N2S. The third-order valence-electron chi connectivity index (χ3n) is 1.67. The van der Waals surface area contributed by atoms with E-state index < -0.39 is 0 Å². The fourth-order valence-electron chi connectivity index (χ4n) is 1.09. The summed E-state index contributed by atoms with van der Waals surface area (Å²) in [6.07, 6.45) is 2.44. The molecule has 0 aliphatic carbocycles. The summed E-state index contributed by atoms with van der Waals surface area (Å²) in [7, 11) is 0. The van der Waals surface area contributed by atoms with Crippen molar-refractivity contribution in [1.82, 2.24) is 4.31 Å². The van der Waals surface area contributed by atoms with Gasteiger partial charge in [-0.3, -0.25) is 0 Å². The molecule has 1 unspecified atom stereocenters. The Kier molecular flexibility index (Phi) is 3.52. The summed E-state index contributed by atoms with van der Waals surface area (Å²) in [6.45, 7) is 4.49. The number of nitrogens with zero attached hydrogens (tertiary/aromatic N) is 1. The standard InChI is InChI=1S/C7H16N2S/c1-2-5-10-9-4-3-7(8)6-9/h7H,2-6,8H2,1H3. The number of hydrogen-bond acceptors (Lipinski definition) is 3. The maximum Gasteiger partial charge on any atom is 0.0242 e. The van der Waals surface area contributed by atoms with Crippen LogP contribution in [0, 0.1) is 0 Å². The van der Waals surface area contributed by atoms with Crippen molar-refractivity contribution in [2.75, 3.05) is 18.8 Å². The van der Waals surface area contributed by atoms with Crippen molar-refractivity contribution in [1.29, 1.82) is 0 Å². The summed E-state index contributed by atoms with van der Waals surface area (Å²) in [4.78, 5) is 0. The molecule has 1 aliphatic rings. The van der Waals surface area contributed by atoms with Gasteiger partial charge in [0.2, 0.25) is 0 Å². The Balaban J connectivity index is 2.06. The Hall–Kier alpha value is 0.270. The average molecular weight is 160 g/mol. The lowest BCUT2D eigenvalue weighted by molar-refractivity contribution is 0.572. The molecule has 1 saturated heterocycles. The number of hydrogen-bond donors (Lipinski definition) is 1. The first-order chi connectivity index (χ1) is 4.83. The van der Waals surface area contributed by atoms with Crippen LogP contribution in [-0.4, -0.2) is 29.2 Å². The largest absolute Gasteiger partial charge is 0.326 e. The van der Waals surface area contributed by atoms with E-state index >= 15 is 0 Å². The lowest BCUT2D eigenvalue weighted by Gasteiger charge is -2.12. The zero-order valence-electron chi connectivity index (χ0n) is 6.55. The Morgan fingerprint density at radius 2 is 2.50 bits per heavy atom. The van der Waals surface area contributed by atoms with Gasteiger partial charge in [-0.2, -0.15) is 0 Å². The molecule has 0 amide bonds. The highest BCUT2D eigenvalue weighted by molar-refractivity contribution is 7.97. The lowest BCUT2D eigenvalue weighted by atomic mass is 10.3. The van der Waals surface area contributed by atoms with Crippen LogP contribution in [0.15, 0.2) is 0 Å². The van der Waals surface area contributed by atoms with E-state index in [9.17, 15) is 0 Å². The van der Waals surface area contributed by atoms with E-state index in [2.05, 4.69) is 11.2 Å². The molecule has 10 heavy (non-hydrogen) atoms. The highest BCUT2D eigenvalue weighted by Gasteiger charge is 2.18. The molecule has 0 aromatic carbocycles. The molecule has 0 aromatic rings. The lowest BCUT2D eigenvalue weighted by Crippen LogP contribution is -2.22. The molecule has 1 aliphatic heterocycles. The van der Waals surface area contributed by atoms with E-state index in [1.165, 1.54) is 25.1 Å². The van der Waals surface area contributed by atoms with Crippen LogP contribution in [0.2, 0.25) is 0 Å². The average Bonchev–Trinajstić information content (AvgIpc) is 2.31. The Morgan fingerprint density at radius 1 is 1.70 bits per heavy atom. The first-order valence-corrected chi connectivity index (χ1v) is 4.90. The molecule has 0 radical (unpaired) electrons. The maximum absolute atomic E-state index is 5.74. The fraction of sp³-hybridized carbons (Fsp3) is 1.00. The van der Waals surface area contributed by atoms with Crippen LogP contribution >= 0.6 is 11.9 Å². The molecule has 3 heteroatoms. The summed E-state index contributed by atoms with van der Waals surface area (Å²) >= 11 is 1.94. The third kappa shape index (κ3) is 2.48. The molecule has 1 atom stereocenters. The molecule has 1 heterocycles. The van der Waals surface area contributed by atoms with Gasteiger partial charge < -0.3 is 5.73 Å². The van der Waals surface area contributed by atoms with Gasteiger partial charge in [0.15, 0.2) is 0 Å². The van der Waals surface area contributed by atoms with Gasteiger partial charge in [0.1, 0.15) is 0 Å². The SMILES string of the molecule is CCCSN1CCC(N)C1. The minimum atomic E-state index is 0.435. The van der Waals surface area contributed by atoms with Crippen molar-refractivity contribution in [3.8, 4) is 0 Å².